The largest absolute Gasteiger partial charge is 0.476 e. The van der Waals surface area contributed by atoms with Crippen LogP contribution in [0.1, 0.15) is 33.3 Å². The van der Waals surface area contributed by atoms with Crippen LogP contribution in [0.2, 0.25) is 0 Å². The van der Waals surface area contributed by atoms with E-state index in [0.29, 0.717) is 18.4 Å². The molecule has 0 saturated heterocycles. The standard InChI is InChI=1S/C14H21NO/c1-11(2)14(3,4)13(15)16-10-12-8-6-5-7-9-12/h5-9,11,15H,10H2,1-4H3. The van der Waals surface area contributed by atoms with E-state index in [4.69, 9.17) is 10.1 Å². The fourth-order valence-electron chi connectivity index (χ4n) is 1.18. The molecule has 1 N–H and O–H groups in total. The molecule has 16 heavy (non-hydrogen) atoms. The zero-order valence-electron chi connectivity index (χ0n) is 10.6. The lowest BCUT2D eigenvalue weighted by Crippen LogP contribution is -2.31. The summed E-state index contributed by atoms with van der Waals surface area (Å²) in [4.78, 5) is 0. The Hall–Kier alpha value is -1.31. The molecule has 0 aliphatic rings. The second-order valence-electron chi connectivity index (χ2n) is 4.98. The highest BCUT2D eigenvalue weighted by Crippen LogP contribution is 2.28. The molecule has 0 bridgehead atoms. The molecule has 0 fully saturated rings. The van der Waals surface area contributed by atoms with E-state index in [-0.39, 0.29) is 5.41 Å². The first-order chi connectivity index (χ1) is 7.44. The summed E-state index contributed by atoms with van der Waals surface area (Å²) in [5.41, 5.74) is 0.904. The van der Waals surface area contributed by atoms with Crippen molar-refractivity contribution in [3.05, 3.63) is 35.9 Å². The fraction of sp³-hybridized carbons (Fsp3) is 0.500. The lowest BCUT2D eigenvalue weighted by molar-refractivity contribution is 0.212. The van der Waals surface area contributed by atoms with Crippen molar-refractivity contribution in [1.82, 2.24) is 0 Å². The van der Waals surface area contributed by atoms with Crippen molar-refractivity contribution in [2.45, 2.75) is 34.3 Å². The minimum atomic E-state index is -0.200. The Kier molecular flexibility index (Phi) is 4.11. The van der Waals surface area contributed by atoms with Crippen LogP contribution in [-0.2, 0) is 11.3 Å². The summed E-state index contributed by atoms with van der Waals surface area (Å²) in [5, 5.41) is 7.95. The van der Waals surface area contributed by atoms with Gasteiger partial charge in [-0.15, -0.1) is 0 Å². The predicted molar refractivity (Wildman–Crippen MR) is 67.6 cm³/mol. The van der Waals surface area contributed by atoms with Gasteiger partial charge in [-0.05, 0) is 11.5 Å². The summed E-state index contributed by atoms with van der Waals surface area (Å²) < 4.78 is 5.54. The van der Waals surface area contributed by atoms with Gasteiger partial charge in [0.25, 0.3) is 0 Å². The molecular weight excluding hydrogens is 198 g/mol. The van der Waals surface area contributed by atoms with Gasteiger partial charge in [-0.2, -0.15) is 0 Å². The third kappa shape index (κ3) is 3.09. The molecule has 0 heterocycles. The van der Waals surface area contributed by atoms with E-state index in [9.17, 15) is 0 Å². The van der Waals surface area contributed by atoms with Gasteiger partial charge in [0.15, 0.2) is 5.90 Å². The summed E-state index contributed by atoms with van der Waals surface area (Å²) >= 11 is 0. The molecule has 1 aromatic rings. The minimum absolute atomic E-state index is 0.200. The molecule has 1 aromatic carbocycles. The van der Waals surface area contributed by atoms with Crippen LogP contribution in [0.15, 0.2) is 30.3 Å². The molecule has 0 amide bonds. The number of hydrogen-bond acceptors (Lipinski definition) is 2. The molecule has 0 aromatic heterocycles. The maximum atomic E-state index is 7.95. The van der Waals surface area contributed by atoms with Crippen molar-refractivity contribution in [3.8, 4) is 0 Å². The molecule has 0 aliphatic carbocycles. The van der Waals surface area contributed by atoms with E-state index in [0.717, 1.165) is 5.56 Å². The van der Waals surface area contributed by atoms with Crippen molar-refractivity contribution >= 4 is 5.90 Å². The molecule has 0 spiro atoms. The van der Waals surface area contributed by atoms with Crippen LogP contribution in [0.4, 0.5) is 0 Å². The van der Waals surface area contributed by atoms with Crippen molar-refractivity contribution in [2.24, 2.45) is 11.3 Å². The summed E-state index contributed by atoms with van der Waals surface area (Å²) in [6.45, 7) is 8.80. The van der Waals surface area contributed by atoms with Gasteiger partial charge >= 0.3 is 0 Å². The number of nitrogens with one attached hydrogen (secondary N) is 1. The number of ether oxygens (including phenoxy) is 1. The average molecular weight is 219 g/mol. The highest BCUT2D eigenvalue weighted by molar-refractivity contribution is 5.79. The quantitative estimate of drug-likeness (QED) is 0.605. The van der Waals surface area contributed by atoms with E-state index in [1.807, 2.05) is 44.2 Å². The van der Waals surface area contributed by atoms with Crippen molar-refractivity contribution in [3.63, 3.8) is 0 Å². The first kappa shape index (κ1) is 12.8. The summed E-state index contributed by atoms with van der Waals surface area (Å²) in [6.07, 6.45) is 0. The predicted octanol–water partition coefficient (Wildman–Crippen LogP) is 3.86. The first-order valence-electron chi connectivity index (χ1n) is 5.70. The van der Waals surface area contributed by atoms with Gasteiger partial charge in [0.05, 0.1) is 0 Å². The zero-order valence-corrected chi connectivity index (χ0v) is 10.6. The third-order valence-corrected chi connectivity index (χ3v) is 3.25. The Balaban J connectivity index is 2.54. The van der Waals surface area contributed by atoms with Crippen molar-refractivity contribution in [2.75, 3.05) is 0 Å². The normalized spacial score (nSPS) is 11.6. The Morgan fingerprint density at radius 3 is 2.31 bits per heavy atom. The first-order valence-corrected chi connectivity index (χ1v) is 5.70. The SMILES string of the molecule is CC(C)C(C)(C)C(=N)OCc1ccccc1. The summed E-state index contributed by atoms with van der Waals surface area (Å²) in [6, 6.07) is 9.96. The highest BCUT2D eigenvalue weighted by Gasteiger charge is 2.29. The number of hydrogen-bond donors (Lipinski definition) is 1. The van der Waals surface area contributed by atoms with Crippen LogP contribution in [-0.4, -0.2) is 5.90 Å². The van der Waals surface area contributed by atoms with Gasteiger partial charge in [0.1, 0.15) is 6.61 Å². The van der Waals surface area contributed by atoms with E-state index >= 15 is 0 Å². The molecule has 2 heteroatoms. The number of rotatable bonds is 4. The Bertz CT molecular complexity index is 341. The van der Waals surface area contributed by atoms with E-state index in [1.165, 1.54) is 0 Å². The molecule has 1 rings (SSSR count). The Labute approximate surface area is 98.1 Å². The third-order valence-electron chi connectivity index (χ3n) is 3.25. The van der Waals surface area contributed by atoms with Crippen LogP contribution in [0.25, 0.3) is 0 Å². The van der Waals surface area contributed by atoms with Crippen LogP contribution >= 0.6 is 0 Å². The van der Waals surface area contributed by atoms with E-state index < -0.39 is 0 Å². The monoisotopic (exact) mass is 219 g/mol. The Morgan fingerprint density at radius 1 is 1.25 bits per heavy atom. The van der Waals surface area contributed by atoms with Crippen LogP contribution in [0.3, 0.4) is 0 Å². The van der Waals surface area contributed by atoms with Gasteiger partial charge in [-0.25, -0.2) is 0 Å². The second-order valence-corrected chi connectivity index (χ2v) is 4.98. The molecule has 0 atom stereocenters. The lowest BCUT2D eigenvalue weighted by atomic mass is 9.81. The average Bonchev–Trinajstić information content (AvgIpc) is 2.27. The molecule has 0 aliphatic heterocycles. The smallest absolute Gasteiger partial charge is 0.186 e. The van der Waals surface area contributed by atoms with Crippen LogP contribution in [0.5, 0.6) is 0 Å². The minimum Gasteiger partial charge on any atom is -0.476 e. The molecular formula is C14H21NO. The van der Waals surface area contributed by atoms with Crippen molar-refractivity contribution in [1.29, 1.82) is 5.41 Å². The van der Waals surface area contributed by atoms with E-state index in [2.05, 4.69) is 13.8 Å². The molecule has 2 nitrogen and oxygen atoms in total. The fourth-order valence-corrected chi connectivity index (χ4v) is 1.18. The van der Waals surface area contributed by atoms with Crippen molar-refractivity contribution < 1.29 is 4.74 Å². The topological polar surface area (TPSA) is 33.1 Å². The second kappa shape index (κ2) is 5.15. The number of benzene rings is 1. The molecule has 0 radical (unpaired) electrons. The van der Waals surface area contributed by atoms with Gasteiger partial charge in [-0.1, -0.05) is 58.0 Å². The lowest BCUT2D eigenvalue weighted by Gasteiger charge is -2.29. The highest BCUT2D eigenvalue weighted by atomic mass is 16.5. The summed E-state index contributed by atoms with van der Waals surface area (Å²) in [5.74, 6) is 0.766. The molecule has 0 unspecified atom stereocenters. The van der Waals surface area contributed by atoms with Gasteiger partial charge in [0.2, 0.25) is 0 Å². The maximum absolute atomic E-state index is 7.95. The van der Waals surface area contributed by atoms with E-state index in [1.54, 1.807) is 0 Å². The zero-order chi connectivity index (χ0) is 12.2. The summed E-state index contributed by atoms with van der Waals surface area (Å²) in [7, 11) is 0. The Morgan fingerprint density at radius 2 is 1.81 bits per heavy atom. The maximum Gasteiger partial charge on any atom is 0.186 e. The van der Waals surface area contributed by atoms with Gasteiger partial charge < -0.3 is 4.74 Å². The molecule has 88 valence electrons. The molecule has 0 saturated carbocycles. The van der Waals surface area contributed by atoms with Gasteiger partial charge in [0, 0.05) is 5.41 Å². The van der Waals surface area contributed by atoms with Crippen LogP contribution < -0.4 is 0 Å². The van der Waals surface area contributed by atoms with Gasteiger partial charge in [-0.3, -0.25) is 5.41 Å². The van der Waals surface area contributed by atoms with Crippen LogP contribution in [0, 0.1) is 16.7 Å².